The molecule has 39 heavy (non-hydrogen) atoms. The maximum Gasteiger partial charge on any atom is 0.191 e. The van der Waals surface area contributed by atoms with Crippen LogP contribution in [0.1, 0.15) is 76.3 Å². The van der Waals surface area contributed by atoms with Gasteiger partial charge < -0.3 is 18.6 Å². The molecule has 4 nitrogen and oxygen atoms in total. The number of benzene rings is 2. The van der Waals surface area contributed by atoms with Gasteiger partial charge in [-0.1, -0.05) is 64.2 Å². The SMILES string of the molecule is COc1ccc(C2(SC)COc3cc(OC)ccc3C2C#CCCCCCCCO[Si](C)(C)C(C)(C)C)cc1. The number of unbranched alkanes of at least 4 members (excludes halogenated alkanes) is 5. The Morgan fingerprint density at radius 2 is 1.59 bits per heavy atom. The molecule has 6 heteroatoms. The molecule has 2 unspecified atom stereocenters. The van der Waals surface area contributed by atoms with E-state index in [1.807, 2.05) is 36.0 Å². The highest BCUT2D eigenvalue weighted by Gasteiger charge is 2.45. The van der Waals surface area contributed by atoms with Crippen LogP contribution in [0.2, 0.25) is 18.1 Å². The van der Waals surface area contributed by atoms with Gasteiger partial charge in [0.2, 0.25) is 0 Å². The number of fused-ring (bicyclic) bond motifs is 1. The third-order valence-corrected chi connectivity index (χ3v) is 14.2. The van der Waals surface area contributed by atoms with Crippen molar-refractivity contribution in [2.45, 2.75) is 88.1 Å². The van der Waals surface area contributed by atoms with Crippen LogP contribution < -0.4 is 14.2 Å². The fraction of sp³-hybridized carbons (Fsp3) is 0.576. The molecule has 0 saturated heterocycles. The van der Waals surface area contributed by atoms with Crippen molar-refractivity contribution in [2.24, 2.45) is 0 Å². The van der Waals surface area contributed by atoms with E-state index >= 15 is 0 Å². The van der Waals surface area contributed by atoms with Gasteiger partial charge in [0.15, 0.2) is 8.32 Å². The zero-order valence-electron chi connectivity index (χ0n) is 25.3. The third-order valence-electron chi connectivity index (χ3n) is 8.34. The fourth-order valence-corrected chi connectivity index (χ4v) is 6.76. The fourth-order valence-electron chi connectivity index (χ4n) is 4.70. The summed E-state index contributed by atoms with van der Waals surface area (Å²) in [5.41, 5.74) is 2.33. The van der Waals surface area contributed by atoms with Gasteiger partial charge in [-0.25, -0.2) is 0 Å². The van der Waals surface area contributed by atoms with Gasteiger partial charge in [0, 0.05) is 24.7 Å². The molecule has 3 rings (SSSR count). The molecule has 0 aromatic heterocycles. The summed E-state index contributed by atoms with van der Waals surface area (Å²) in [7, 11) is 1.76. The van der Waals surface area contributed by atoms with Crippen LogP contribution in [0.4, 0.5) is 0 Å². The summed E-state index contributed by atoms with van der Waals surface area (Å²) in [6.07, 6.45) is 9.03. The molecule has 0 bridgehead atoms. The first-order chi connectivity index (χ1) is 18.6. The van der Waals surface area contributed by atoms with Gasteiger partial charge in [-0.05, 0) is 61.0 Å². The minimum atomic E-state index is -1.63. The Balaban J connectivity index is 1.63. The van der Waals surface area contributed by atoms with Crippen LogP contribution >= 0.6 is 11.8 Å². The van der Waals surface area contributed by atoms with E-state index in [-0.39, 0.29) is 15.7 Å². The van der Waals surface area contributed by atoms with Crippen LogP contribution in [0.5, 0.6) is 17.2 Å². The van der Waals surface area contributed by atoms with Gasteiger partial charge in [-0.15, -0.1) is 17.7 Å². The number of methoxy groups -OCH3 is 2. The Morgan fingerprint density at radius 1 is 0.949 bits per heavy atom. The molecule has 1 aliphatic rings. The van der Waals surface area contributed by atoms with Crippen LogP contribution in [0, 0.1) is 11.8 Å². The van der Waals surface area contributed by atoms with Crippen molar-refractivity contribution in [1.82, 2.24) is 0 Å². The second-order valence-corrected chi connectivity index (χ2v) is 17.8. The van der Waals surface area contributed by atoms with Crippen molar-refractivity contribution >= 4 is 20.1 Å². The van der Waals surface area contributed by atoms with Crippen molar-refractivity contribution < 1.29 is 18.6 Å². The van der Waals surface area contributed by atoms with E-state index in [9.17, 15) is 0 Å². The van der Waals surface area contributed by atoms with Crippen molar-refractivity contribution in [1.29, 1.82) is 0 Å². The van der Waals surface area contributed by atoms with Gasteiger partial charge in [0.1, 0.15) is 23.9 Å². The Hall–Kier alpha value is -2.07. The molecule has 0 saturated carbocycles. The summed E-state index contributed by atoms with van der Waals surface area (Å²) >= 11 is 1.82. The first-order valence-electron chi connectivity index (χ1n) is 14.2. The maximum absolute atomic E-state index is 6.34. The van der Waals surface area contributed by atoms with Crippen molar-refractivity contribution in [3.8, 4) is 29.1 Å². The average Bonchev–Trinajstić information content (AvgIpc) is 2.93. The predicted octanol–water partition coefficient (Wildman–Crippen LogP) is 8.80. The predicted molar refractivity (Wildman–Crippen MR) is 168 cm³/mol. The van der Waals surface area contributed by atoms with Gasteiger partial charge in [0.25, 0.3) is 0 Å². The largest absolute Gasteiger partial charge is 0.497 e. The van der Waals surface area contributed by atoms with E-state index in [4.69, 9.17) is 18.6 Å². The van der Waals surface area contributed by atoms with Gasteiger partial charge in [-0.3, -0.25) is 0 Å². The molecule has 0 spiro atoms. The van der Waals surface area contributed by atoms with E-state index in [0.29, 0.717) is 6.61 Å². The lowest BCUT2D eigenvalue weighted by molar-refractivity contribution is 0.233. The zero-order chi connectivity index (χ0) is 28.5. The molecule has 2 aromatic carbocycles. The van der Waals surface area contributed by atoms with Crippen LogP contribution in [0.15, 0.2) is 42.5 Å². The van der Waals surface area contributed by atoms with Gasteiger partial charge in [0.05, 0.1) is 24.9 Å². The zero-order valence-corrected chi connectivity index (χ0v) is 27.1. The highest BCUT2D eigenvalue weighted by molar-refractivity contribution is 7.99. The van der Waals surface area contributed by atoms with Gasteiger partial charge >= 0.3 is 0 Å². The summed E-state index contributed by atoms with van der Waals surface area (Å²) in [5, 5.41) is 0.282. The van der Waals surface area contributed by atoms with Crippen molar-refractivity contribution in [3.63, 3.8) is 0 Å². The van der Waals surface area contributed by atoms with E-state index in [0.717, 1.165) is 48.7 Å². The lowest BCUT2D eigenvalue weighted by Crippen LogP contribution is -2.40. The molecular formula is C33H48O4SSi. The van der Waals surface area contributed by atoms with Crippen LogP contribution in [-0.2, 0) is 9.17 Å². The Labute approximate surface area is 242 Å². The standard InChI is InChI=1S/C33H48O4SSi/c1-32(2,3)39(7,8)37-23-15-13-11-9-10-12-14-16-30-29-22-21-28(35-5)24-31(29)36-25-33(30,38-6)26-17-19-27(34-4)20-18-26/h17-22,24,30H,9-13,15,23,25H2,1-8H3. The Bertz CT molecular complexity index is 1110. The highest BCUT2D eigenvalue weighted by atomic mass is 32.2. The number of ether oxygens (including phenoxy) is 3. The molecule has 0 aliphatic carbocycles. The second kappa shape index (κ2) is 14.0. The van der Waals surface area contributed by atoms with Crippen molar-refractivity contribution in [3.05, 3.63) is 53.6 Å². The minimum Gasteiger partial charge on any atom is -0.497 e. The molecule has 1 aliphatic heterocycles. The average molecular weight is 569 g/mol. The Morgan fingerprint density at radius 3 is 2.23 bits per heavy atom. The normalized spacial score (nSPS) is 18.9. The van der Waals surface area contributed by atoms with Crippen LogP contribution in [-0.4, -0.2) is 42.0 Å². The van der Waals surface area contributed by atoms with E-state index < -0.39 is 8.32 Å². The minimum absolute atomic E-state index is 0.0167. The lowest BCUT2D eigenvalue weighted by Gasteiger charge is -2.42. The lowest BCUT2D eigenvalue weighted by atomic mass is 9.79. The monoisotopic (exact) mass is 568 g/mol. The first-order valence-corrected chi connectivity index (χ1v) is 18.3. The Kier molecular flexibility index (Phi) is 11.3. The number of hydrogen-bond acceptors (Lipinski definition) is 5. The molecule has 0 fully saturated rings. The van der Waals surface area contributed by atoms with Crippen LogP contribution in [0.25, 0.3) is 0 Å². The number of rotatable bonds is 12. The number of hydrogen-bond donors (Lipinski definition) is 0. The molecule has 214 valence electrons. The highest BCUT2D eigenvalue weighted by Crippen LogP contribution is 2.52. The van der Waals surface area contributed by atoms with Crippen molar-refractivity contribution in [2.75, 3.05) is 33.7 Å². The summed E-state index contributed by atoms with van der Waals surface area (Å²) < 4.78 is 23.2. The van der Waals surface area contributed by atoms with Crippen LogP contribution in [0.3, 0.4) is 0 Å². The summed E-state index contributed by atoms with van der Waals surface area (Å²) in [6, 6.07) is 14.5. The summed E-state index contributed by atoms with van der Waals surface area (Å²) in [6.45, 7) is 13.0. The smallest absolute Gasteiger partial charge is 0.191 e. The van der Waals surface area contributed by atoms with E-state index in [2.05, 4.69) is 70.2 Å². The molecule has 2 atom stereocenters. The second-order valence-electron chi connectivity index (χ2n) is 11.9. The topological polar surface area (TPSA) is 36.9 Å². The quantitative estimate of drug-likeness (QED) is 0.145. The molecule has 0 N–H and O–H groups in total. The molecule has 0 radical (unpaired) electrons. The molecular weight excluding hydrogens is 521 g/mol. The maximum atomic E-state index is 6.34. The molecule has 2 aromatic rings. The molecule has 1 heterocycles. The van der Waals surface area contributed by atoms with E-state index in [1.165, 1.54) is 24.8 Å². The molecule has 0 amide bonds. The summed E-state index contributed by atoms with van der Waals surface area (Å²) in [5.74, 6) is 9.78. The summed E-state index contributed by atoms with van der Waals surface area (Å²) in [4.78, 5) is 0. The number of thioether (sulfide) groups is 1. The third kappa shape index (κ3) is 7.78. The van der Waals surface area contributed by atoms with E-state index in [1.54, 1.807) is 14.2 Å². The first kappa shape index (κ1) is 31.5. The van der Waals surface area contributed by atoms with Gasteiger partial charge in [-0.2, -0.15) is 0 Å².